The Hall–Kier alpha value is -1.87. The Morgan fingerprint density at radius 3 is 2.73 bits per heavy atom. The number of hydrogen-bond donors (Lipinski definition) is 2. The van der Waals surface area contributed by atoms with Crippen molar-refractivity contribution in [3.8, 4) is 0 Å². The Balaban J connectivity index is 1.66. The van der Waals surface area contributed by atoms with Gasteiger partial charge in [0.05, 0.1) is 5.25 Å². The van der Waals surface area contributed by atoms with Gasteiger partial charge in [0, 0.05) is 23.4 Å². The molecular weight excluding hydrogens is 370 g/mol. The summed E-state index contributed by atoms with van der Waals surface area (Å²) in [5.41, 5.74) is 0. The predicted octanol–water partition coefficient (Wildman–Crippen LogP) is 2.98. The van der Waals surface area contributed by atoms with Crippen LogP contribution < -0.4 is 10.6 Å². The number of urea groups is 1. The second-order valence-corrected chi connectivity index (χ2v) is 8.97. The third kappa shape index (κ3) is 4.85. The molecule has 2 aromatic rings. The zero-order chi connectivity index (χ0) is 18.7. The average molecular weight is 394 g/mol. The van der Waals surface area contributed by atoms with Crippen molar-refractivity contribution in [2.75, 3.05) is 0 Å². The molecule has 2 heterocycles. The maximum Gasteiger partial charge on any atom is 0.321 e. The van der Waals surface area contributed by atoms with E-state index >= 15 is 0 Å². The fourth-order valence-corrected chi connectivity index (χ4v) is 4.14. The van der Waals surface area contributed by atoms with Crippen molar-refractivity contribution in [2.24, 2.45) is 0 Å². The van der Waals surface area contributed by atoms with E-state index in [0.29, 0.717) is 6.04 Å². The fraction of sp³-hybridized carbons (Fsp3) is 0.529. The van der Waals surface area contributed by atoms with E-state index in [4.69, 9.17) is 0 Å². The Morgan fingerprint density at radius 2 is 2.12 bits per heavy atom. The number of thioether (sulfide) groups is 1. The molecule has 26 heavy (non-hydrogen) atoms. The number of aromatic nitrogens is 3. The van der Waals surface area contributed by atoms with E-state index in [1.54, 1.807) is 18.3 Å². The van der Waals surface area contributed by atoms with Crippen LogP contribution in [-0.4, -0.2) is 38.0 Å². The standard InChI is InChI=1S/C17H23N5O2S2/c1-10(2)18-16(24)19-15(23)11(3)26-17-21-20-14(22(17)12-6-7-12)9-13-5-4-8-25-13/h4-5,8,10-12H,6-7,9H2,1-3H3,(H2,18,19,23,24)/t11-/m0/s1. The highest BCUT2D eigenvalue weighted by Crippen LogP contribution is 2.40. The van der Waals surface area contributed by atoms with Crippen LogP contribution in [-0.2, 0) is 11.2 Å². The second kappa shape index (κ2) is 8.22. The average Bonchev–Trinajstić information content (AvgIpc) is 3.12. The first-order valence-corrected chi connectivity index (χ1v) is 10.4. The molecule has 140 valence electrons. The van der Waals surface area contributed by atoms with Crippen molar-refractivity contribution in [3.63, 3.8) is 0 Å². The minimum Gasteiger partial charge on any atom is -0.336 e. The SMILES string of the molecule is CC(C)NC(=O)NC(=O)[C@H](C)Sc1nnc(Cc2cccs2)n1C1CC1. The maximum atomic E-state index is 12.3. The second-order valence-electron chi connectivity index (χ2n) is 6.63. The number of rotatable bonds is 7. The number of hydrogen-bond acceptors (Lipinski definition) is 6. The number of nitrogens with one attached hydrogen (secondary N) is 2. The van der Waals surface area contributed by atoms with Crippen LogP contribution in [0.1, 0.15) is 50.4 Å². The van der Waals surface area contributed by atoms with E-state index in [9.17, 15) is 9.59 Å². The molecule has 9 heteroatoms. The highest BCUT2D eigenvalue weighted by Gasteiger charge is 2.31. The van der Waals surface area contributed by atoms with Crippen molar-refractivity contribution in [1.29, 1.82) is 0 Å². The minimum absolute atomic E-state index is 0.0245. The van der Waals surface area contributed by atoms with Crippen LogP contribution in [0.25, 0.3) is 0 Å². The molecule has 0 aromatic carbocycles. The van der Waals surface area contributed by atoms with Gasteiger partial charge in [0.15, 0.2) is 5.16 Å². The third-order valence-electron chi connectivity index (χ3n) is 3.87. The molecule has 7 nitrogen and oxygen atoms in total. The summed E-state index contributed by atoms with van der Waals surface area (Å²) >= 11 is 3.04. The predicted molar refractivity (Wildman–Crippen MR) is 103 cm³/mol. The summed E-state index contributed by atoms with van der Waals surface area (Å²) in [6, 6.07) is 4.04. The van der Waals surface area contributed by atoms with Crippen LogP contribution in [0.3, 0.4) is 0 Å². The molecule has 0 radical (unpaired) electrons. The van der Waals surface area contributed by atoms with E-state index in [0.717, 1.165) is 30.2 Å². The van der Waals surface area contributed by atoms with Gasteiger partial charge in [-0.15, -0.1) is 21.5 Å². The number of imide groups is 1. The summed E-state index contributed by atoms with van der Waals surface area (Å²) in [4.78, 5) is 25.2. The van der Waals surface area contributed by atoms with E-state index in [-0.39, 0.29) is 11.9 Å². The minimum atomic E-state index is -0.473. The van der Waals surface area contributed by atoms with Crippen molar-refractivity contribution < 1.29 is 9.59 Å². The van der Waals surface area contributed by atoms with Gasteiger partial charge in [0.25, 0.3) is 0 Å². The molecular formula is C17H23N5O2S2. The molecule has 2 N–H and O–H groups in total. The van der Waals surface area contributed by atoms with E-state index in [1.807, 2.05) is 19.9 Å². The summed E-state index contributed by atoms with van der Waals surface area (Å²) in [6.45, 7) is 5.46. The molecule has 0 saturated heterocycles. The smallest absolute Gasteiger partial charge is 0.321 e. The summed E-state index contributed by atoms with van der Waals surface area (Å²) in [5.74, 6) is 0.598. The molecule has 1 aliphatic rings. The van der Waals surface area contributed by atoms with Gasteiger partial charge in [0.2, 0.25) is 5.91 Å². The number of carbonyl (C=O) groups excluding carboxylic acids is 2. The first-order chi connectivity index (χ1) is 12.4. The van der Waals surface area contributed by atoms with Crippen LogP contribution in [0.4, 0.5) is 4.79 Å². The zero-order valence-electron chi connectivity index (χ0n) is 15.1. The van der Waals surface area contributed by atoms with E-state index < -0.39 is 11.3 Å². The van der Waals surface area contributed by atoms with Crippen LogP contribution in [0.2, 0.25) is 0 Å². The van der Waals surface area contributed by atoms with Gasteiger partial charge in [-0.05, 0) is 45.1 Å². The Kier molecular flexibility index (Phi) is 5.98. The summed E-state index contributed by atoms with van der Waals surface area (Å²) in [7, 11) is 0. The monoisotopic (exact) mass is 393 g/mol. The molecule has 2 aromatic heterocycles. The molecule has 1 aliphatic carbocycles. The highest BCUT2D eigenvalue weighted by atomic mass is 32.2. The van der Waals surface area contributed by atoms with Gasteiger partial charge in [-0.3, -0.25) is 10.1 Å². The lowest BCUT2D eigenvalue weighted by Crippen LogP contribution is -2.45. The van der Waals surface area contributed by atoms with Crippen molar-refractivity contribution >= 4 is 35.0 Å². The Morgan fingerprint density at radius 1 is 1.35 bits per heavy atom. The number of nitrogens with zero attached hydrogens (tertiary/aromatic N) is 3. The summed E-state index contributed by atoms with van der Waals surface area (Å²) < 4.78 is 2.16. The summed E-state index contributed by atoms with van der Waals surface area (Å²) in [5, 5.41) is 16.0. The summed E-state index contributed by atoms with van der Waals surface area (Å²) in [6.07, 6.45) is 2.97. The zero-order valence-corrected chi connectivity index (χ0v) is 16.7. The van der Waals surface area contributed by atoms with Crippen molar-refractivity contribution in [2.45, 2.75) is 62.5 Å². The maximum absolute atomic E-state index is 12.3. The lowest BCUT2D eigenvalue weighted by Gasteiger charge is -2.14. The number of carbonyl (C=O) groups is 2. The first-order valence-electron chi connectivity index (χ1n) is 8.68. The molecule has 0 unspecified atom stereocenters. The molecule has 0 aliphatic heterocycles. The van der Waals surface area contributed by atoms with Gasteiger partial charge >= 0.3 is 6.03 Å². The van der Waals surface area contributed by atoms with Gasteiger partial charge in [0.1, 0.15) is 5.82 Å². The number of thiophene rings is 1. The van der Waals surface area contributed by atoms with E-state index in [2.05, 4.69) is 36.8 Å². The molecule has 0 spiro atoms. The fourth-order valence-electron chi connectivity index (χ4n) is 2.50. The van der Waals surface area contributed by atoms with Crippen LogP contribution in [0.15, 0.2) is 22.7 Å². The third-order valence-corrected chi connectivity index (χ3v) is 5.80. The lowest BCUT2D eigenvalue weighted by atomic mass is 10.3. The Bertz CT molecular complexity index is 768. The molecule has 3 amide bonds. The Labute approximate surface area is 161 Å². The van der Waals surface area contributed by atoms with Crippen molar-refractivity contribution in [3.05, 3.63) is 28.2 Å². The molecule has 1 atom stereocenters. The van der Waals surface area contributed by atoms with Gasteiger partial charge in [-0.2, -0.15) is 0 Å². The first kappa shape index (κ1) is 18.9. The highest BCUT2D eigenvalue weighted by molar-refractivity contribution is 8.00. The topological polar surface area (TPSA) is 88.9 Å². The molecule has 0 bridgehead atoms. The normalized spacial score (nSPS) is 15.1. The van der Waals surface area contributed by atoms with Crippen LogP contribution >= 0.6 is 23.1 Å². The van der Waals surface area contributed by atoms with Gasteiger partial charge in [-0.25, -0.2) is 4.79 Å². The van der Waals surface area contributed by atoms with E-state index in [1.165, 1.54) is 16.6 Å². The van der Waals surface area contributed by atoms with Crippen LogP contribution in [0.5, 0.6) is 0 Å². The van der Waals surface area contributed by atoms with Gasteiger partial charge in [-0.1, -0.05) is 17.8 Å². The van der Waals surface area contributed by atoms with Crippen molar-refractivity contribution in [1.82, 2.24) is 25.4 Å². The molecule has 3 rings (SSSR count). The number of amides is 3. The largest absolute Gasteiger partial charge is 0.336 e. The van der Waals surface area contributed by atoms with Gasteiger partial charge < -0.3 is 9.88 Å². The molecule has 1 saturated carbocycles. The quantitative estimate of drug-likeness (QED) is 0.706. The lowest BCUT2D eigenvalue weighted by molar-refractivity contribution is -0.119. The molecule has 1 fully saturated rings. The van der Waals surface area contributed by atoms with Crippen LogP contribution in [0, 0.1) is 0 Å².